The normalized spacial score (nSPS) is 19.1. The number of benzene rings is 1. The van der Waals surface area contributed by atoms with Gasteiger partial charge in [-0.05, 0) is 50.3 Å². The Kier molecular flexibility index (Phi) is 4.54. The highest BCUT2D eigenvalue weighted by atomic mass is 19.1. The number of hydrogen-bond donors (Lipinski definition) is 1. The Morgan fingerprint density at radius 2 is 2.30 bits per heavy atom. The van der Waals surface area contributed by atoms with Crippen molar-refractivity contribution in [1.82, 2.24) is 0 Å². The van der Waals surface area contributed by atoms with Crippen LogP contribution in [0.1, 0.15) is 24.8 Å². The molecule has 1 aliphatic rings. The van der Waals surface area contributed by atoms with Gasteiger partial charge in [-0.3, -0.25) is 10.1 Å². The molecule has 0 spiro atoms. The van der Waals surface area contributed by atoms with Crippen molar-refractivity contribution in [2.75, 3.05) is 24.5 Å². The molecule has 20 heavy (non-hydrogen) atoms. The van der Waals surface area contributed by atoms with Gasteiger partial charge in [0.25, 0.3) is 5.69 Å². The quantitative estimate of drug-likeness (QED) is 0.680. The number of nitrogens with zero attached hydrogens (tertiary/aromatic N) is 2. The van der Waals surface area contributed by atoms with E-state index in [0.717, 1.165) is 38.4 Å². The maximum atomic E-state index is 13.5. The summed E-state index contributed by atoms with van der Waals surface area (Å²) in [5.41, 5.74) is 6.40. The lowest BCUT2D eigenvalue weighted by molar-refractivity contribution is -0.384. The molecule has 0 amide bonds. The number of rotatable bonds is 4. The highest BCUT2D eigenvalue weighted by Gasteiger charge is 2.26. The maximum Gasteiger partial charge on any atom is 0.295 e. The third kappa shape index (κ3) is 3.07. The van der Waals surface area contributed by atoms with Crippen LogP contribution in [0.3, 0.4) is 0 Å². The van der Waals surface area contributed by atoms with Crippen LogP contribution in [0.5, 0.6) is 0 Å². The number of nitro benzene ring substituents is 1. The largest absolute Gasteiger partial charge is 0.366 e. The zero-order valence-corrected chi connectivity index (χ0v) is 11.6. The van der Waals surface area contributed by atoms with Gasteiger partial charge in [-0.1, -0.05) is 0 Å². The fraction of sp³-hybridized carbons (Fsp3) is 0.571. The molecule has 0 aromatic heterocycles. The van der Waals surface area contributed by atoms with Gasteiger partial charge < -0.3 is 10.6 Å². The summed E-state index contributed by atoms with van der Waals surface area (Å²) < 4.78 is 13.5. The Labute approximate surface area is 117 Å². The van der Waals surface area contributed by atoms with E-state index in [4.69, 9.17) is 5.73 Å². The van der Waals surface area contributed by atoms with Gasteiger partial charge in [0.2, 0.25) is 0 Å². The summed E-state index contributed by atoms with van der Waals surface area (Å²) in [5, 5.41) is 11.1. The number of anilines is 1. The van der Waals surface area contributed by atoms with Crippen molar-refractivity contribution in [3.63, 3.8) is 0 Å². The van der Waals surface area contributed by atoms with Crippen LogP contribution in [-0.4, -0.2) is 24.6 Å². The van der Waals surface area contributed by atoms with Crippen molar-refractivity contribution in [3.05, 3.63) is 33.6 Å². The Hall–Kier alpha value is -1.69. The van der Waals surface area contributed by atoms with Gasteiger partial charge >= 0.3 is 0 Å². The van der Waals surface area contributed by atoms with Gasteiger partial charge in [0.15, 0.2) is 0 Å². The predicted octanol–water partition coefficient (Wildman–Crippen LogP) is 2.61. The molecule has 0 saturated carbocycles. The third-order valence-corrected chi connectivity index (χ3v) is 3.89. The minimum absolute atomic E-state index is 0.151. The van der Waals surface area contributed by atoms with E-state index in [2.05, 4.69) is 0 Å². The van der Waals surface area contributed by atoms with E-state index < -0.39 is 10.7 Å². The second kappa shape index (κ2) is 6.17. The summed E-state index contributed by atoms with van der Waals surface area (Å²) in [6, 6.07) is 2.61. The molecule has 1 unspecified atom stereocenters. The Morgan fingerprint density at radius 1 is 1.55 bits per heavy atom. The molecule has 2 N–H and O–H groups in total. The van der Waals surface area contributed by atoms with Crippen LogP contribution < -0.4 is 10.6 Å². The molecule has 1 aromatic carbocycles. The van der Waals surface area contributed by atoms with E-state index in [1.165, 1.54) is 0 Å². The number of halogens is 1. The summed E-state index contributed by atoms with van der Waals surface area (Å²) in [6.45, 7) is 3.78. The lowest BCUT2D eigenvalue weighted by Crippen LogP contribution is -2.36. The highest BCUT2D eigenvalue weighted by molar-refractivity contribution is 5.65. The summed E-state index contributed by atoms with van der Waals surface area (Å²) in [4.78, 5) is 12.6. The van der Waals surface area contributed by atoms with Crippen LogP contribution >= 0.6 is 0 Å². The van der Waals surface area contributed by atoms with Crippen molar-refractivity contribution in [2.45, 2.75) is 26.2 Å². The van der Waals surface area contributed by atoms with Crippen LogP contribution in [0.2, 0.25) is 0 Å². The summed E-state index contributed by atoms with van der Waals surface area (Å²) in [6.07, 6.45) is 3.00. The topological polar surface area (TPSA) is 72.4 Å². The van der Waals surface area contributed by atoms with E-state index in [0.29, 0.717) is 23.7 Å². The predicted molar refractivity (Wildman–Crippen MR) is 76.4 cm³/mol. The average molecular weight is 281 g/mol. The first kappa shape index (κ1) is 14.7. The summed E-state index contributed by atoms with van der Waals surface area (Å²) >= 11 is 0. The number of aryl methyl sites for hydroxylation is 1. The fourth-order valence-electron chi connectivity index (χ4n) is 2.81. The van der Waals surface area contributed by atoms with Crippen molar-refractivity contribution in [2.24, 2.45) is 11.7 Å². The molecule has 1 saturated heterocycles. The van der Waals surface area contributed by atoms with Crippen molar-refractivity contribution in [3.8, 4) is 0 Å². The Bertz CT molecular complexity index is 505. The van der Waals surface area contributed by atoms with Gasteiger partial charge in [0, 0.05) is 13.1 Å². The zero-order valence-electron chi connectivity index (χ0n) is 11.6. The second-order valence-electron chi connectivity index (χ2n) is 5.38. The molecule has 1 heterocycles. The molecule has 5 nitrogen and oxygen atoms in total. The van der Waals surface area contributed by atoms with E-state index in [1.807, 2.05) is 4.90 Å². The van der Waals surface area contributed by atoms with Gasteiger partial charge in [-0.2, -0.15) is 0 Å². The smallest absolute Gasteiger partial charge is 0.295 e. The molecule has 0 radical (unpaired) electrons. The van der Waals surface area contributed by atoms with Gasteiger partial charge in [0.1, 0.15) is 11.5 Å². The van der Waals surface area contributed by atoms with Gasteiger partial charge in [-0.15, -0.1) is 0 Å². The molecule has 0 bridgehead atoms. The molecule has 1 atom stereocenters. The minimum atomic E-state index is -0.532. The Morgan fingerprint density at radius 3 is 2.95 bits per heavy atom. The van der Waals surface area contributed by atoms with Crippen molar-refractivity contribution in [1.29, 1.82) is 0 Å². The molecule has 1 aliphatic heterocycles. The minimum Gasteiger partial charge on any atom is -0.366 e. The fourth-order valence-corrected chi connectivity index (χ4v) is 2.81. The molecule has 6 heteroatoms. The molecule has 0 aliphatic carbocycles. The monoisotopic (exact) mass is 281 g/mol. The van der Waals surface area contributed by atoms with Crippen LogP contribution in [0.15, 0.2) is 12.1 Å². The van der Waals surface area contributed by atoms with Crippen LogP contribution in [0.4, 0.5) is 15.8 Å². The molecule has 2 rings (SSSR count). The van der Waals surface area contributed by atoms with E-state index in [9.17, 15) is 14.5 Å². The molecule has 1 fully saturated rings. The third-order valence-electron chi connectivity index (χ3n) is 3.89. The second-order valence-corrected chi connectivity index (χ2v) is 5.38. The van der Waals surface area contributed by atoms with Crippen molar-refractivity contribution >= 4 is 11.4 Å². The van der Waals surface area contributed by atoms with Gasteiger partial charge in [-0.25, -0.2) is 4.39 Å². The van der Waals surface area contributed by atoms with Crippen molar-refractivity contribution < 1.29 is 9.31 Å². The van der Waals surface area contributed by atoms with Crippen LogP contribution in [0.25, 0.3) is 0 Å². The van der Waals surface area contributed by atoms with E-state index in [-0.39, 0.29) is 5.69 Å². The first-order valence-electron chi connectivity index (χ1n) is 6.92. The van der Waals surface area contributed by atoms with Crippen LogP contribution in [-0.2, 0) is 0 Å². The molecule has 1 aromatic rings. The summed E-state index contributed by atoms with van der Waals surface area (Å²) in [7, 11) is 0. The zero-order chi connectivity index (χ0) is 14.7. The number of nitrogens with two attached hydrogens (primary N) is 1. The van der Waals surface area contributed by atoms with Gasteiger partial charge in [0.05, 0.1) is 11.0 Å². The maximum absolute atomic E-state index is 13.5. The lowest BCUT2D eigenvalue weighted by atomic mass is 9.94. The number of piperidine rings is 1. The average Bonchev–Trinajstić information content (AvgIpc) is 2.42. The van der Waals surface area contributed by atoms with E-state index >= 15 is 0 Å². The van der Waals surface area contributed by atoms with E-state index in [1.54, 1.807) is 13.0 Å². The first-order valence-corrected chi connectivity index (χ1v) is 6.92. The summed E-state index contributed by atoms with van der Waals surface area (Å²) in [5.74, 6) is -0.0744. The first-order chi connectivity index (χ1) is 9.52. The number of hydrogen-bond acceptors (Lipinski definition) is 4. The molecule has 110 valence electrons. The van der Waals surface area contributed by atoms with Crippen LogP contribution in [0, 0.1) is 28.8 Å². The molecular weight excluding hydrogens is 261 g/mol. The Balaban J connectivity index is 2.31. The number of nitro groups is 1. The highest BCUT2D eigenvalue weighted by Crippen LogP contribution is 2.34. The standard InChI is InChI=1S/C14H20FN3O2/c1-10-7-13(14(18(19)20)8-12(10)15)17-6-2-3-11(9-17)4-5-16/h7-8,11H,2-6,9,16H2,1H3. The lowest BCUT2D eigenvalue weighted by Gasteiger charge is -2.34. The molecular formula is C14H20FN3O2. The SMILES string of the molecule is Cc1cc(N2CCCC(CCN)C2)c([N+](=O)[O-])cc1F.